The highest BCUT2D eigenvalue weighted by Gasteiger charge is 2.19. The summed E-state index contributed by atoms with van der Waals surface area (Å²) in [6.07, 6.45) is 7.31. The highest BCUT2D eigenvalue weighted by molar-refractivity contribution is 6.04. The highest BCUT2D eigenvalue weighted by Crippen LogP contribution is 2.38. The first-order valence-corrected chi connectivity index (χ1v) is 13.2. The van der Waals surface area contributed by atoms with Crippen LogP contribution in [0.5, 0.6) is 23.0 Å². The number of nitrogens with zero attached hydrogens (tertiary/aromatic N) is 1. The Balaban J connectivity index is 1.47. The van der Waals surface area contributed by atoms with Gasteiger partial charge in [0.05, 0.1) is 39.6 Å². The number of amides is 1. The summed E-state index contributed by atoms with van der Waals surface area (Å²) in [6.45, 7) is 0. The van der Waals surface area contributed by atoms with Gasteiger partial charge in [0.25, 0.3) is 0 Å². The topological polar surface area (TPSA) is 90.9 Å². The molecule has 206 valence electrons. The maximum absolute atomic E-state index is 12.9. The van der Waals surface area contributed by atoms with Gasteiger partial charge in [0.2, 0.25) is 5.91 Å². The molecule has 3 aromatic carbocycles. The van der Waals surface area contributed by atoms with Crippen LogP contribution in [0.3, 0.4) is 0 Å². The Morgan fingerprint density at radius 2 is 1.60 bits per heavy atom. The molecule has 1 aromatic heterocycles. The van der Waals surface area contributed by atoms with Crippen LogP contribution in [-0.4, -0.2) is 39.3 Å². The fourth-order valence-electron chi connectivity index (χ4n) is 5.10. The average molecular weight is 540 g/mol. The maximum Gasteiger partial charge on any atom is 0.248 e. The molecule has 0 radical (unpaired) electrons. The second kappa shape index (κ2) is 12.0. The van der Waals surface area contributed by atoms with Crippen molar-refractivity contribution in [3.8, 4) is 23.0 Å². The van der Waals surface area contributed by atoms with E-state index in [1.54, 1.807) is 34.5 Å². The third-order valence-corrected chi connectivity index (χ3v) is 7.03. The minimum atomic E-state index is -0.260. The van der Waals surface area contributed by atoms with Crippen LogP contribution >= 0.6 is 0 Å². The number of aromatic nitrogens is 1. The van der Waals surface area contributed by atoms with E-state index in [4.69, 9.17) is 23.9 Å². The molecule has 0 unspecified atom stereocenters. The number of carbonyl (C=O) groups excluding carboxylic acids is 1. The Labute approximate surface area is 233 Å². The molecule has 0 atom stereocenters. The molecule has 1 aliphatic rings. The van der Waals surface area contributed by atoms with Gasteiger partial charge in [-0.25, -0.2) is 0 Å². The molecule has 0 saturated heterocycles. The number of pyridine rings is 1. The van der Waals surface area contributed by atoms with Crippen molar-refractivity contribution in [1.82, 2.24) is 4.98 Å². The molecule has 0 aliphatic heterocycles. The van der Waals surface area contributed by atoms with Gasteiger partial charge in [-0.1, -0.05) is 12.1 Å². The zero-order chi connectivity index (χ0) is 28.1. The van der Waals surface area contributed by atoms with E-state index in [0.29, 0.717) is 28.7 Å². The second-order valence-electron chi connectivity index (χ2n) is 9.45. The van der Waals surface area contributed by atoms with Crippen molar-refractivity contribution < 1.29 is 23.7 Å². The molecule has 5 rings (SSSR count). The summed E-state index contributed by atoms with van der Waals surface area (Å²) in [6, 6.07) is 17.1. The summed E-state index contributed by atoms with van der Waals surface area (Å²) < 4.78 is 21.7. The molecule has 40 heavy (non-hydrogen) atoms. The Kier molecular flexibility index (Phi) is 8.05. The molecular weight excluding hydrogens is 506 g/mol. The second-order valence-corrected chi connectivity index (χ2v) is 9.45. The van der Waals surface area contributed by atoms with Crippen LogP contribution in [0.1, 0.15) is 29.7 Å². The Bertz CT molecular complexity index is 1580. The van der Waals surface area contributed by atoms with Crippen molar-refractivity contribution in [2.45, 2.75) is 25.7 Å². The monoisotopic (exact) mass is 539 g/mol. The number of hydrogen-bond donors (Lipinski definition) is 2. The molecule has 8 nitrogen and oxygen atoms in total. The van der Waals surface area contributed by atoms with Gasteiger partial charge >= 0.3 is 0 Å². The first-order chi connectivity index (χ1) is 19.5. The fourth-order valence-corrected chi connectivity index (χ4v) is 5.10. The first-order valence-electron chi connectivity index (χ1n) is 13.2. The largest absolute Gasteiger partial charge is 0.493 e. The van der Waals surface area contributed by atoms with E-state index in [-0.39, 0.29) is 5.91 Å². The van der Waals surface area contributed by atoms with E-state index < -0.39 is 0 Å². The first kappa shape index (κ1) is 26.9. The van der Waals surface area contributed by atoms with E-state index in [1.807, 2.05) is 54.6 Å². The van der Waals surface area contributed by atoms with Crippen LogP contribution in [-0.2, 0) is 17.6 Å². The van der Waals surface area contributed by atoms with E-state index in [1.165, 1.54) is 11.6 Å². The molecular formula is C32H33N3O5. The lowest BCUT2D eigenvalue weighted by Gasteiger charge is -2.22. The van der Waals surface area contributed by atoms with E-state index in [2.05, 4.69) is 10.6 Å². The third-order valence-electron chi connectivity index (χ3n) is 7.03. The lowest BCUT2D eigenvalue weighted by molar-refractivity contribution is -0.111. The number of aryl methyl sites for hydroxylation is 1. The Hall–Kier alpha value is -4.72. The van der Waals surface area contributed by atoms with Gasteiger partial charge in [0.1, 0.15) is 0 Å². The van der Waals surface area contributed by atoms with Crippen LogP contribution < -0.4 is 29.6 Å². The average Bonchev–Trinajstić information content (AvgIpc) is 2.99. The zero-order valence-corrected chi connectivity index (χ0v) is 23.2. The number of methoxy groups -OCH3 is 4. The summed E-state index contributed by atoms with van der Waals surface area (Å²) in [5.41, 5.74) is 6.50. The van der Waals surface area contributed by atoms with Gasteiger partial charge in [0, 0.05) is 40.2 Å². The van der Waals surface area contributed by atoms with Crippen LogP contribution in [0.4, 0.5) is 17.1 Å². The summed E-state index contributed by atoms with van der Waals surface area (Å²) in [5.74, 6) is 2.22. The van der Waals surface area contributed by atoms with Crippen molar-refractivity contribution >= 4 is 39.9 Å². The third kappa shape index (κ3) is 5.52. The van der Waals surface area contributed by atoms with Crippen molar-refractivity contribution in [3.63, 3.8) is 0 Å². The summed E-state index contributed by atoms with van der Waals surface area (Å²) in [5, 5.41) is 7.55. The number of ether oxygens (including phenoxy) is 4. The molecule has 1 amide bonds. The number of rotatable bonds is 9. The minimum Gasteiger partial charge on any atom is -0.493 e. The lowest BCUT2D eigenvalue weighted by Crippen LogP contribution is -2.11. The van der Waals surface area contributed by atoms with Gasteiger partial charge in [-0.2, -0.15) is 0 Å². The van der Waals surface area contributed by atoms with Crippen LogP contribution in [0.2, 0.25) is 0 Å². The Morgan fingerprint density at radius 1 is 0.825 bits per heavy atom. The van der Waals surface area contributed by atoms with Crippen LogP contribution in [0.25, 0.3) is 17.0 Å². The molecule has 8 heteroatoms. The van der Waals surface area contributed by atoms with E-state index in [0.717, 1.165) is 59.2 Å². The van der Waals surface area contributed by atoms with Crippen molar-refractivity contribution in [1.29, 1.82) is 0 Å². The number of hydrogen-bond acceptors (Lipinski definition) is 7. The summed E-state index contributed by atoms with van der Waals surface area (Å²) in [7, 11) is 6.40. The van der Waals surface area contributed by atoms with Crippen molar-refractivity contribution in [2.24, 2.45) is 0 Å². The van der Waals surface area contributed by atoms with Gasteiger partial charge < -0.3 is 29.6 Å². The number of carbonyl (C=O) groups is 1. The van der Waals surface area contributed by atoms with Gasteiger partial charge in [-0.3, -0.25) is 9.78 Å². The zero-order valence-electron chi connectivity index (χ0n) is 23.2. The normalized spacial score (nSPS) is 12.6. The quantitative estimate of drug-likeness (QED) is 0.233. The van der Waals surface area contributed by atoms with Gasteiger partial charge in [-0.05, 0) is 73.7 Å². The van der Waals surface area contributed by atoms with Crippen molar-refractivity contribution in [2.75, 3.05) is 39.1 Å². The van der Waals surface area contributed by atoms with E-state index in [9.17, 15) is 4.79 Å². The molecule has 0 spiro atoms. The number of anilines is 3. The fraction of sp³-hybridized carbons (Fsp3) is 0.250. The summed E-state index contributed by atoms with van der Waals surface area (Å²) in [4.78, 5) is 17.9. The number of para-hydroxylation sites is 1. The molecule has 2 N–H and O–H groups in total. The van der Waals surface area contributed by atoms with E-state index >= 15 is 0 Å². The molecule has 1 aliphatic carbocycles. The standard InChI is InChI=1S/C32H33N3O5/c1-37-27-16-14-22(19-29(27)39-3)34-31-23-9-5-6-10-25(23)35-26-15-13-21(18-24(26)31)33-30(36)17-12-20-8-7-11-28(38-2)32(20)40-4/h7-8,11-19H,5-6,9-10H2,1-4H3,(H,33,36)(H,34,35)/b17-12+. The maximum atomic E-state index is 12.9. The number of benzene rings is 3. The predicted octanol–water partition coefficient (Wildman–Crippen LogP) is 6.54. The van der Waals surface area contributed by atoms with Gasteiger partial charge in [-0.15, -0.1) is 0 Å². The number of nitrogens with one attached hydrogen (secondary N) is 2. The molecule has 0 saturated carbocycles. The lowest BCUT2D eigenvalue weighted by atomic mass is 9.92. The molecule has 1 heterocycles. The SMILES string of the molecule is COc1ccc(Nc2c3c(nc4ccc(NC(=O)/C=C/c5cccc(OC)c5OC)cc24)CCCC3)cc1OC. The summed E-state index contributed by atoms with van der Waals surface area (Å²) >= 11 is 0. The van der Waals surface area contributed by atoms with Crippen molar-refractivity contribution in [3.05, 3.63) is 77.5 Å². The molecule has 0 fully saturated rings. The molecule has 0 bridgehead atoms. The minimum absolute atomic E-state index is 0.260. The predicted molar refractivity (Wildman–Crippen MR) is 158 cm³/mol. The smallest absolute Gasteiger partial charge is 0.248 e. The Morgan fingerprint density at radius 3 is 2.38 bits per heavy atom. The molecule has 4 aromatic rings. The number of fused-ring (bicyclic) bond motifs is 2. The van der Waals surface area contributed by atoms with Crippen LogP contribution in [0, 0.1) is 0 Å². The van der Waals surface area contributed by atoms with Gasteiger partial charge in [0.15, 0.2) is 23.0 Å². The highest BCUT2D eigenvalue weighted by atomic mass is 16.5. The van der Waals surface area contributed by atoms with Crippen LogP contribution in [0.15, 0.2) is 60.7 Å².